The number of Topliss-reactive ketones (excluding diaryl/α,β-unsaturated/α-hetero) is 2. The second kappa shape index (κ2) is 7.38. The molecule has 7 atom stereocenters. The third kappa shape index (κ3) is 2.69. The Kier molecular flexibility index (Phi) is 5.40. The number of ether oxygens (including phenoxy) is 1. The molecule has 174 valence electrons. The molecule has 5 nitrogen and oxygen atoms in total. The smallest absolute Gasteiger partial charge is 0.306 e. The first-order valence-corrected chi connectivity index (χ1v) is 12.2. The molecule has 3 saturated carbocycles. The first-order chi connectivity index (χ1) is 14.9. The Morgan fingerprint density at radius 2 is 1.91 bits per heavy atom. The van der Waals surface area contributed by atoms with Crippen molar-refractivity contribution in [2.24, 2.45) is 28.6 Å². The van der Waals surface area contributed by atoms with Gasteiger partial charge in [0.1, 0.15) is 4.87 Å². The van der Waals surface area contributed by atoms with Crippen molar-refractivity contribution in [3.8, 4) is 0 Å². The number of carbonyl (C=O) groups is 4. The fourth-order valence-electron chi connectivity index (χ4n) is 7.73. The summed E-state index contributed by atoms with van der Waals surface area (Å²) in [7, 11) is 0. The van der Waals surface area contributed by atoms with Gasteiger partial charge in [-0.25, -0.2) is 0 Å². The third-order valence-corrected chi connectivity index (χ3v) is 10.1. The van der Waals surface area contributed by atoms with Gasteiger partial charge in [0.25, 0.3) is 0 Å². The summed E-state index contributed by atoms with van der Waals surface area (Å²) in [5, 5.41) is 0. The maximum atomic E-state index is 13.9. The minimum atomic E-state index is -1.33. The Morgan fingerprint density at radius 1 is 1.22 bits per heavy atom. The lowest BCUT2D eigenvalue weighted by molar-refractivity contribution is -0.193. The Labute approximate surface area is 195 Å². The molecule has 4 rings (SSSR count). The number of ketones is 3. The highest BCUT2D eigenvalue weighted by atomic mass is 35.5. The van der Waals surface area contributed by atoms with Gasteiger partial charge in [0.2, 0.25) is 0 Å². The quantitative estimate of drug-likeness (QED) is 0.446. The highest BCUT2D eigenvalue weighted by Crippen LogP contribution is 2.71. The molecule has 0 amide bonds. The van der Waals surface area contributed by atoms with Gasteiger partial charge in [-0.05, 0) is 56.6 Å². The van der Waals surface area contributed by atoms with Crippen LogP contribution in [0, 0.1) is 28.6 Å². The van der Waals surface area contributed by atoms with E-state index >= 15 is 0 Å². The zero-order valence-corrected chi connectivity index (χ0v) is 20.4. The standard InChI is InChI=1S/C26H33ClO5/c1-6-7-22(31)32-26(16(3)28)15(2)12-20-19-9-8-17-13-18(29)10-11-23(17,4)25(19,27)21(30)14-24(20,26)5/h10-11,13,15,19-20H,6-9,12,14H2,1-5H3/t15-,19-,20-,23-,24-,25-,26-/m0/s1. The largest absolute Gasteiger partial charge is 0.450 e. The number of hydrogen-bond donors (Lipinski definition) is 0. The van der Waals surface area contributed by atoms with E-state index in [2.05, 4.69) is 0 Å². The first kappa shape index (κ1) is 23.4. The van der Waals surface area contributed by atoms with Gasteiger partial charge in [-0.15, -0.1) is 11.6 Å². The molecule has 0 N–H and O–H groups in total. The molecule has 0 aromatic heterocycles. The van der Waals surface area contributed by atoms with Crippen LogP contribution in [0.2, 0.25) is 0 Å². The number of fused-ring (bicyclic) bond motifs is 5. The molecular weight excluding hydrogens is 428 g/mol. The van der Waals surface area contributed by atoms with Crippen LogP contribution in [0.15, 0.2) is 23.8 Å². The first-order valence-electron chi connectivity index (χ1n) is 11.8. The van der Waals surface area contributed by atoms with Gasteiger partial charge in [0.05, 0.1) is 0 Å². The third-order valence-electron chi connectivity index (χ3n) is 9.20. The van der Waals surface area contributed by atoms with Gasteiger partial charge in [-0.3, -0.25) is 19.2 Å². The van der Waals surface area contributed by atoms with E-state index in [1.165, 1.54) is 13.0 Å². The second-order valence-electron chi connectivity index (χ2n) is 10.7. The maximum Gasteiger partial charge on any atom is 0.306 e. The summed E-state index contributed by atoms with van der Waals surface area (Å²) in [6.45, 7) is 9.24. The van der Waals surface area contributed by atoms with Crippen molar-refractivity contribution in [1.29, 1.82) is 0 Å². The molecule has 0 saturated heterocycles. The van der Waals surface area contributed by atoms with E-state index in [0.717, 1.165) is 5.57 Å². The van der Waals surface area contributed by atoms with Crippen molar-refractivity contribution in [3.05, 3.63) is 23.8 Å². The van der Waals surface area contributed by atoms with Crippen molar-refractivity contribution in [2.75, 3.05) is 0 Å². The summed E-state index contributed by atoms with van der Waals surface area (Å²) < 4.78 is 6.04. The van der Waals surface area contributed by atoms with Crippen molar-refractivity contribution in [2.45, 2.75) is 83.6 Å². The molecule has 0 spiro atoms. The molecule has 0 radical (unpaired) electrons. The Balaban J connectivity index is 1.83. The van der Waals surface area contributed by atoms with Gasteiger partial charge in [-0.1, -0.05) is 39.3 Å². The summed E-state index contributed by atoms with van der Waals surface area (Å²) >= 11 is 7.35. The lowest BCUT2D eigenvalue weighted by atomic mass is 9.46. The maximum absolute atomic E-state index is 13.9. The second-order valence-corrected chi connectivity index (χ2v) is 11.3. The summed E-state index contributed by atoms with van der Waals surface area (Å²) in [6.07, 6.45) is 7.92. The van der Waals surface area contributed by atoms with Gasteiger partial charge in [0.15, 0.2) is 23.0 Å². The molecule has 0 aromatic rings. The topological polar surface area (TPSA) is 77.5 Å². The molecule has 0 aliphatic heterocycles. The van der Waals surface area contributed by atoms with Gasteiger partial charge in [-0.2, -0.15) is 0 Å². The molecule has 4 aliphatic rings. The molecule has 0 unspecified atom stereocenters. The molecule has 4 aliphatic carbocycles. The van der Waals surface area contributed by atoms with Crippen LogP contribution >= 0.6 is 11.6 Å². The molecule has 0 aromatic carbocycles. The van der Waals surface area contributed by atoms with E-state index in [0.29, 0.717) is 25.7 Å². The van der Waals surface area contributed by atoms with Crippen LogP contribution in [0.3, 0.4) is 0 Å². The van der Waals surface area contributed by atoms with Crippen LogP contribution in [0.25, 0.3) is 0 Å². The molecular formula is C26H33ClO5. The van der Waals surface area contributed by atoms with Crippen molar-refractivity contribution in [3.63, 3.8) is 0 Å². The Hall–Kier alpha value is -1.75. The highest BCUT2D eigenvalue weighted by molar-refractivity contribution is 6.37. The van der Waals surface area contributed by atoms with Crippen molar-refractivity contribution in [1.82, 2.24) is 0 Å². The number of halogens is 1. The van der Waals surface area contributed by atoms with E-state index in [1.807, 2.05) is 33.8 Å². The van der Waals surface area contributed by atoms with Crippen LogP contribution in [0.5, 0.6) is 0 Å². The molecule has 6 heteroatoms. The fourth-order valence-corrected chi connectivity index (χ4v) is 8.25. The molecule has 3 fully saturated rings. The van der Waals surface area contributed by atoms with Gasteiger partial charge in [0, 0.05) is 29.6 Å². The Morgan fingerprint density at radius 3 is 2.53 bits per heavy atom. The predicted molar refractivity (Wildman–Crippen MR) is 121 cm³/mol. The van der Waals surface area contributed by atoms with E-state index in [-0.39, 0.29) is 53.9 Å². The summed E-state index contributed by atoms with van der Waals surface area (Å²) in [5.41, 5.74) is -1.97. The van der Waals surface area contributed by atoms with E-state index in [1.54, 1.807) is 6.08 Å². The number of carbonyl (C=O) groups excluding carboxylic acids is 4. The summed E-state index contributed by atoms with van der Waals surface area (Å²) in [4.78, 5) is 50.6. The van der Waals surface area contributed by atoms with Crippen molar-refractivity contribution < 1.29 is 23.9 Å². The Bertz CT molecular complexity index is 965. The minimum absolute atomic E-state index is 0.0459. The van der Waals surface area contributed by atoms with E-state index < -0.39 is 21.3 Å². The summed E-state index contributed by atoms with van der Waals surface area (Å²) in [5.74, 6) is -1.21. The van der Waals surface area contributed by atoms with Crippen LogP contribution in [-0.2, 0) is 23.9 Å². The molecule has 32 heavy (non-hydrogen) atoms. The van der Waals surface area contributed by atoms with Crippen LogP contribution < -0.4 is 0 Å². The average molecular weight is 461 g/mol. The van der Waals surface area contributed by atoms with E-state index in [9.17, 15) is 19.2 Å². The normalized spacial score (nSPS) is 44.9. The zero-order chi connectivity index (χ0) is 23.7. The average Bonchev–Trinajstić information content (AvgIpc) is 2.92. The van der Waals surface area contributed by atoms with Crippen LogP contribution in [0.1, 0.15) is 73.1 Å². The van der Waals surface area contributed by atoms with Crippen molar-refractivity contribution >= 4 is 34.9 Å². The van der Waals surface area contributed by atoms with Crippen LogP contribution in [-0.4, -0.2) is 33.8 Å². The SMILES string of the molecule is CCCC(=O)O[C@]1(C(C)=O)[C@@H](C)C[C@H]2[C@@H]3CCC4=CC(=O)C=C[C@]4(C)[C@@]3(Cl)C(=O)C[C@@]21C. The lowest BCUT2D eigenvalue weighted by Gasteiger charge is -2.61. The number of hydrogen-bond acceptors (Lipinski definition) is 5. The zero-order valence-electron chi connectivity index (χ0n) is 19.6. The van der Waals surface area contributed by atoms with Crippen LogP contribution in [0.4, 0.5) is 0 Å². The monoisotopic (exact) mass is 460 g/mol. The number of rotatable bonds is 4. The summed E-state index contributed by atoms with van der Waals surface area (Å²) in [6, 6.07) is 0. The van der Waals surface area contributed by atoms with Gasteiger partial charge >= 0.3 is 5.97 Å². The number of allylic oxidation sites excluding steroid dienone is 4. The van der Waals surface area contributed by atoms with Gasteiger partial charge < -0.3 is 4.74 Å². The fraction of sp³-hybridized carbons (Fsp3) is 0.692. The minimum Gasteiger partial charge on any atom is -0.450 e. The lowest BCUT2D eigenvalue weighted by Crippen LogP contribution is -2.67. The molecule has 0 bridgehead atoms. The number of esters is 1. The number of alkyl halides is 1. The highest BCUT2D eigenvalue weighted by Gasteiger charge is 2.76. The van der Waals surface area contributed by atoms with E-state index in [4.69, 9.17) is 16.3 Å². The molecule has 0 heterocycles. The predicted octanol–water partition coefficient (Wildman–Crippen LogP) is 4.75.